The number of methoxy groups -OCH3 is 1. The van der Waals surface area contributed by atoms with Gasteiger partial charge in [-0.3, -0.25) is 0 Å². The summed E-state index contributed by atoms with van der Waals surface area (Å²) in [5, 5.41) is 8.05. The highest BCUT2D eigenvalue weighted by atomic mass is 16.5. The van der Waals surface area contributed by atoms with Crippen molar-refractivity contribution >= 4 is 0 Å². The van der Waals surface area contributed by atoms with E-state index in [1.54, 1.807) is 7.11 Å². The monoisotopic (exact) mass is 319 g/mol. The van der Waals surface area contributed by atoms with Crippen LogP contribution in [0.15, 0.2) is 4.52 Å². The molecule has 3 aliphatic rings. The molecule has 1 N–H and O–H groups in total. The van der Waals surface area contributed by atoms with Crippen LogP contribution in [0.5, 0.6) is 0 Å². The quantitative estimate of drug-likeness (QED) is 0.901. The second-order valence-electron chi connectivity index (χ2n) is 7.76. The molecule has 5 nitrogen and oxygen atoms in total. The molecule has 1 saturated heterocycles. The lowest BCUT2D eigenvalue weighted by atomic mass is 9.66. The summed E-state index contributed by atoms with van der Waals surface area (Å²) >= 11 is 0. The lowest BCUT2D eigenvalue weighted by Crippen LogP contribution is -2.41. The van der Waals surface area contributed by atoms with Gasteiger partial charge in [0, 0.05) is 19.1 Å². The zero-order chi connectivity index (χ0) is 15.7. The molecule has 1 aliphatic heterocycles. The fraction of sp³-hybridized carbons (Fsp3) is 0.889. The number of fused-ring (bicyclic) bond motifs is 1. The van der Waals surface area contributed by atoms with Crippen molar-refractivity contribution in [1.29, 1.82) is 0 Å². The summed E-state index contributed by atoms with van der Waals surface area (Å²) in [6.45, 7) is 1.86. The van der Waals surface area contributed by atoms with Gasteiger partial charge in [0.15, 0.2) is 5.82 Å². The molecule has 23 heavy (non-hydrogen) atoms. The largest absolute Gasteiger partial charge is 0.385 e. The highest BCUT2D eigenvalue weighted by molar-refractivity contribution is 5.13. The van der Waals surface area contributed by atoms with E-state index in [1.165, 1.54) is 51.4 Å². The number of aromatic nitrogens is 2. The molecule has 3 unspecified atom stereocenters. The Bertz CT molecular complexity index is 524. The maximum absolute atomic E-state index is 5.75. The summed E-state index contributed by atoms with van der Waals surface area (Å²) in [6.07, 6.45) is 11.3. The third kappa shape index (κ3) is 2.82. The Morgan fingerprint density at radius 2 is 2.09 bits per heavy atom. The van der Waals surface area contributed by atoms with E-state index in [2.05, 4.69) is 10.5 Å². The molecule has 0 bridgehead atoms. The molecule has 4 rings (SSSR count). The van der Waals surface area contributed by atoms with E-state index in [4.69, 9.17) is 14.2 Å². The molecule has 2 heterocycles. The second kappa shape index (κ2) is 6.52. The molecule has 3 atom stereocenters. The minimum absolute atomic E-state index is 0.110. The van der Waals surface area contributed by atoms with Crippen LogP contribution in [0.1, 0.15) is 75.5 Å². The van der Waals surface area contributed by atoms with Gasteiger partial charge in [-0.15, -0.1) is 0 Å². The maximum Gasteiger partial charge on any atom is 0.244 e. The summed E-state index contributed by atoms with van der Waals surface area (Å²) in [4.78, 5) is 4.88. The molecule has 5 heteroatoms. The normalized spacial score (nSPS) is 33.0. The molecule has 2 saturated carbocycles. The predicted octanol–water partition coefficient (Wildman–Crippen LogP) is 3.37. The molecule has 0 radical (unpaired) electrons. The molecule has 3 fully saturated rings. The highest BCUT2D eigenvalue weighted by Crippen LogP contribution is 2.46. The standard InChI is InChI=1S/C18H29N3O2/c1-22-12-10-18(8-4-9-18)17-20-16(23-21-17)15-14-6-3-2-5-13(14)7-11-19-15/h13-15,19H,2-12H2,1H3. The van der Waals surface area contributed by atoms with E-state index >= 15 is 0 Å². The first-order chi connectivity index (χ1) is 11.3. The van der Waals surface area contributed by atoms with E-state index in [1.807, 2.05) is 0 Å². The van der Waals surface area contributed by atoms with Crippen molar-refractivity contribution in [1.82, 2.24) is 15.5 Å². The lowest BCUT2D eigenvalue weighted by Gasteiger charge is -2.40. The molecular formula is C18H29N3O2. The summed E-state index contributed by atoms with van der Waals surface area (Å²) in [5.41, 5.74) is 0.110. The van der Waals surface area contributed by atoms with Crippen molar-refractivity contribution in [2.75, 3.05) is 20.3 Å². The molecule has 128 valence electrons. The third-order valence-electron chi connectivity index (χ3n) is 6.55. The van der Waals surface area contributed by atoms with Crippen LogP contribution in [0.3, 0.4) is 0 Å². The van der Waals surface area contributed by atoms with Gasteiger partial charge < -0.3 is 14.6 Å². The summed E-state index contributed by atoms with van der Waals surface area (Å²) in [5.74, 6) is 3.29. The predicted molar refractivity (Wildman–Crippen MR) is 87.1 cm³/mol. The smallest absolute Gasteiger partial charge is 0.244 e. The number of rotatable bonds is 5. The van der Waals surface area contributed by atoms with Crippen molar-refractivity contribution < 1.29 is 9.26 Å². The van der Waals surface area contributed by atoms with Crippen LogP contribution in [0, 0.1) is 11.8 Å². The van der Waals surface area contributed by atoms with Gasteiger partial charge in [0.25, 0.3) is 0 Å². The maximum atomic E-state index is 5.75. The first kappa shape index (κ1) is 15.6. The van der Waals surface area contributed by atoms with Crippen LogP contribution >= 0.6 is 0 Å². The van der Waals surface area contributed by atoms with Crippen LogP contribution in [-0.2, 0) is 10.2 Å². The fourth-order valence-corrected chi connectivity index (χ4v) is 4.94. The summed E-state index contributed by atoms with van der Waals surface area (Å²) in [7, 11) is 1.77. The van der Waals surface area contributed by atoms with Gasteiger partial charge >= 0.3 is 0 Å². The second-order valence-corrected chi connectivity index (χ2v) is 7.76. The van der Waals surface area contributed by atoms with Gasteiger partial charge in [-0.1, -0.05) is 30.8 Å². The minimum Gasteiger partial charge on any atom is -0.385 e. The zero-order valence-corrected chi connectivity index (χ0v) is 14.2. The molecule has 0 aromatic carbocycles. The first-order valence-electron chi connectivity index (χ1n) is 9.39. The first-order valence-corrected chi connectivity index (χ1v) is 9.39. The van der Waals surface area contributed by atoms with Crippen molar-refractivity contribution in [3.8, 4) is 0 Å². The number of piperidine rings is 1. The van der Waals surface area contributed by atoms with E-state index in [-0.39, 0.29) is 11.5 Å². The van der Waals surface area contributed by atoms with Crippen molar-refractivity contribution in [3.05, 3.63) is 11.7 Å². The Labute approximate surface area is 138 Å². The van der Waals surface area contributed by atoms with Gasteiger partial charge in [-0.05, 0) is 50.5 Å². The fourth-order valence-electron chi connectivity index (χ4n) is 4.94. The van der Waals surface area contributed by atoms with Gasteiger partial charge in [-0.25, -0.2) is 0 Å². The molecule has 1 aromatic rings. The minimum atomic E-state index is 0.110. The lowest BCUT2D eigenvalue weighted by molar-refractivity contribution is 0.113. The van der Waals surface area contributed by atoms with Crippen molar-refractivity contribution in [2.24, 2.45) is 11.8 Å². The van der Waals surface area contributed by atoms with E-state index in [9.17, 15) is 0 Å². The molecule has 2 aliphatic carbocycles. The van der Waals surface area contributed by atoms with Crippen LogP contribution in [0.25, 0.3) is 0 Å². The Balaban J connectivity index is 1.52. The Morgan fingerprint density at radius 1 is 1.22 bits per heavy atom. The molecule has 1 aromatic heterocycles. The Morgan fingerprint density at radius 3 is 2.87 bits per heavy atom. The van der Waals surface area contributed by atoms with Crippen LogP contribution < -0.4 is 5.32 Å². The number of nitrogens with zero attached hydrogens (tertiary/aromatic N) is 2. The topological polar surface area (TPSA) is 60.2 Å². The van der Waals surface area contributed by atoms with Gasteiger partial charge in [-0.2, -0.15) is 4.98 Å². The zero-order valence-electron chi connectivity index (χ0n) is 14.2. The van der Waals surface area contributed by atoms with Crippen LogP contribution in [-0.4, -0.2) is 30.4 Å². The van der Waals surface area contributed by atoms with Gasteiger partial charge in [0.1, 0.15) is 0 Å². The van der Waals surface area contributed by atoms with E-state index < -0.39 is 0 Å². The Hall–Kier alpha value is -0.940. The van der Waals surface area contributed by atoms with Gasteiger partial charge in [0.05, 0.1) is 6.04 Å². The summed E-state index contributed by atoms with van der Waals surface area (Å²) in [6, 6.07) is 0.273. The van der Waals surface area contributed by atoms with Crippen molar-refractivity contribution in [2.45, 2.75) is 69.2 Å². The summed E-state index contributed by atoms with van der Waals surface area (Å²) < 4.78 is 11.0. The van der Waals surface area contributed by atoms with Crippen LogP contribution in [0.4, 0.5) is 0 Å². The Kier molecular flexibility index (Phi) is 4.41. The third-order valence-corrected chi connectivity index (χ3v) is 6.55. The number of ether oxygens (including phenoxy) is 1. The molecular weight excluding hydrogens is 290 g/mol. The van der Waals surface area contributed by atoms with Gasteiger partial charge in [0.2, 0.25) is 5.89 Å². The van der Waals surface area contributed by atoms with Crippen LogP contribution in [0.2, 0.25) is 0 Å². The SMILES string of the molecule is COCCC1(c2noc(C3NCCC4CCCCC43)n2)CCC1. The number of nitrogens with one attached hydrogen (secondary N) is 1. The van der Waals surface area contributed by atoms with E-state index in [0.717, 1.165) is 37.2 Å². The molecule has 0 amide bonds. The molecule has 0 spiro atoms. The van der Waals surface area contributed by atoms with E-state index in [0.29, 0.717) is 5.92 Å². The number of hydrogen-bond donors (Lipinski definition) is 1. The number of hydrogen-bond acceptors (Lipinski definition) is 5. The van der Waals surface area contributed by atoms with Crippen molar-refractivity contribution in [3.63, 3.8) is 0 Å². The average Bonchev–Trinajstić information content (AvgIpc) is 3.03. The average molecular weight is 319 g/mol. The highest BCUT2D eigenvalue weighted by Gasteiger charge is 2.44.